The van der Waals surface area contributed by atoms with Crippen LogP contribution in [0.5, 0.6) is 0 Å². The molecular weight excluding hydrogens is 276 g/mol. The Hall–Kier alpha value is -2.56. The number of carbonyl (C=O) groups excluding carboxylic acids is 2. The molecule has 0 unspecified atom stereocenters. The zero-order valence-electron chi connectivity index (χ0n) is 11.3. The van der Waals surface area contributed by atoms with Gasteiger partial charge in [0.05, 0.1) is 0 Å². The first-order valence-corrected chi connectivity index (χ1v) is 6.31. The van der Waals surface area contributed by atoms with Crippen LogP contribution >= 0.6 is 0 Å². The van der Waals surface area contributed by atoms with Gasteiger partial charge in [-0.1, -0.05) is 6.07 Å². The van der Waals surface area contributed by atoms with E-state index in [-0.39, 0.29) is 17.9 Å². The molecular formula is C16H13F2NO2. The molecule has 2 rings (SSSR count). The summed E-state index contributed by atoms with van der Waals surface area (Å²) < 4.78 is 27.0. The van der Waals surface area contributed by atoms with Crippen molar-refractivity contribution in [3.8, 4) is 0 Å². The highest BCUT2D eigenvalue weighted by molar-refractivity contribution is 5.98. The highest BCUT2D eigenvalue weighted by atomic mass is 19.1. The number of nitrogens with one attached hydrogen (secondary N) is 1. The van der Waals surface area contributed by atoms with Crippen LogP contribution in [0, 0.1) is 11.6 Å². The van der Waals surface area contributed by atoms with Gasteiger partial charge in [-0.2, -0.15) is 0 Å². The smallest absolute Gasteiger partial charge is 0.221 e. The minimum absolute atomic E-state index is 0.220. The van der Waals surface area contributed by atoms with E-state index in [1.54, 1.807) is 12.1 Å². The molecule has 0 saturated heterocycles. The molecule has 0 heterocycles. The Morgan fingerprint density at radius 1 is 1.00 bits per heavy atom. The Morgan fingerprint density at radius 2 is 1.57 bits per heavy atom. The first-order chi connectivity index (χ1) is 9.97. The minimum atomic E-state index is -0.738. The predicted molar refractivity (Wildman–Crippen MR) is 75.1 cm³/mol. The molecule has 0 saturated carbocycles. The number of rotatable bonds is 4. The Kier molecular flexibility index (Phi) is 4.42. The lowest BCUT2D eigenvalue weighted by molar-refractivity contribution is -0.114. The molecule has 21 heavy (non-hydrogen) atoms. The molecule has 0 aliphatic heterocycles. The van der Waals surface area contributed by atoms with Crippen molar-refractivity contribution in [2.24, 2.45) is 0 Å². The molecule has 3 nitrogen and oxygen atoms in total. The van der Waals surface area contributed by atoms with Gasteiger partial charge in [-0.15, -0.1) is 0 Å². The second-order valence-electron chi connectivity index (χ2n) is 4.56. The van der Waals surface area contributed by atoms with Gasteiger partial charge in [0.2, 0.25) is 5.91 Å². The van der Waals surface area contributed by atoms with Crippen molar-refractivity contribution in [3.63, 3.8) is 0 Å². The summed E-state index contributed by atoms with van der Waals surface area (Å²) in [6.45, 7) is 1.38. The van der Waals surface area contributed by atoms with E-state index in [2.05, 4.69) is 5.32 Å². The van der Waals surface area contributed by atoms with E-state index in [4.69, 9.17) is 0 Å². The van der Waals surface area contributed by atoms with Crippen LogP contribution in [0.3, 0.4) is 0 Å². The van der Waals surface area contributed by atoms with Crippen LogP contribution in [0.25, 0.3) is 0 Å². The van der Waals surface area contributed by atoms with Crippen LogP contribution in [0.4, 0.5) is 14.5 Å². The third-order valence-corrected chi connectivity index (χ3v) is 2.93. The summed E-state index contributed by atoms with van der Waals surface area (Å²) >= 11 is 0. The van der Waals surface area contributed by atoms with Crippen molar-refractivity contribution < 1.29 is 18.4 Å². The van der Waals surface area contributed by atoms with Crippen LogP contribution in [0.15, 0.2) is 42.5 Å². The largest absolute Gasteiger partial charge is 0.326 e. The van der Waals surface area contributed by atoms with Crippen LogP contribution in [0.1, 0.15) is 22.8 Å². The van der Waals surface area contributed by atoms with Crippen molar-refractivity contribution in [3.05, 3.63) is 65.2 Å². The highest BCUT2D eigenvalue weighted by Crippen LogP contribution is 2.16. The van der Waals surface area contributed by atoms with E-state index < -0.39 is 17.4 Å². The minimum Gasteiger partial charge on any atom is -0.326 e. The maximum Gasteiger partial charge on any atom is 0.221 e. The van der Waals surface area contributed by atoms with E-state index in [0.29, 0.717) is 11.3 Å². The van der Waals surface area contributed by atoms with Crippen molar-refractivity contribution in [2.75, 3.05) is 5.32 Å². The van der Waals surface area contributed by atoms with Crippen LogP contribution in [-0.2, 0) is 11.2 Å². The lowest BCUT2D eigenvalue weighted by Gasteiger charge is -2.06. The molecule has 0 aliphatic rings. The second kappa shape index (κ2) is 6.26. The molecule has 2 aromatic carbocycles. The number of benzene rings is 2. The molecule has 0 radical (unpaired) electrons. The summed E-state index contributed by atoms with van der Waals surface area (Å²) in [6.07, 6.45) is -0.349. The third-order valence-electron chi connectivity index (χ3n) is 2.93. The number of ketones is 1. The number of carbonyl (C=O) groups is 2. The maximum atomic E-state index is 13.5. The van der Waals surface area contributed by atoms with Gasteiger partial charge in [-0.05, 0) is 36.4 Å². The Morgan fingerprint density at radius 3 is 2.10 bits per heavy atom. The quantitative estimate of drug-likeness (QED) is 0.877. The van der Waals surface area contributed by atoms with Crippen molar-refractivity contribution in [1.82, 2.24) is 0 Å². The van der Waals surface area contributed by atoms with Gasteiger partial charge in [-0.3, -0.25) is 9.59 Å². The second-order valence-corrected chi connectivity index (χ2v) is 4.56. The molecule has 0 atom stereocenters. The lowest BCUT2D eigenvalue weighted by Crippen LogP contribution is -2.08. The number of Topliss-reactive ketones (excluding diaryl/α,β-unsaturated/α-hetero) is 1. The SMILES string of the molecule is CC(=O)Nc1ccc(C(=O)Cc2c(F)cccc2F)cc1. The molecule has 0 aromatic heterocycles. The normalized spacial score (nSPS) is 10.2. The zero-order chi connectivity index (χ0) is 15.4. The van der Waals surface area contributed by atoms with Gasteiger partial charge < -0.3 is 5.32 Å². The third kappa shape index (κ3) is 3.72. The van der Waals surface area contributed by atoms with Gasteiger partial charge in [-0.25, -0.2) is 8.78 Å². The van der Waals surface area contributed by atoms with E-state index in [9.17, 15) is 18.4 Å². The lowest BCUT2D eigenvalue weighted by atomic mass is 10.0. The molecule has 1 amide bonds. The Bertz CT molecular complexity index is 661. The summed E-state index contributed by atoms with van der Waals surface area (Å²) in [7, 11) is 0. The number of hydrogen-bond acceptors (Lipinski definition) is 2. The molecule has 108 valence electrons. The maximum absolute atomic E-state index is 13.5. The zero-order valence-corrected chi connectivity index (χ0v) is 11.3. The number of hydrogen-bond donors (Lipinski definition) is 1. The Balaban J connectivity index is 2.15. The summed E-state index contributed by atoms with van der Waals surface area (Å²) in [6, 6.07) is 9.62. The number of halogens is 2. The molecule has 2 aromatic rings. The van der Waals surface area contributed by atoms with E-state index in [1.807, 2.05) is 0 Å². The fraction of sp³-hybridized carbons (Fsp3) is 0.125. The first-order valence-electron chi connectivity index (χ1n) is 6.31. The monoisotopic (exact) mass is 289 g/mol. The van der Waals surface area contributed by atoms with Crippen molar-refractivity contribution >= 4 is 17.4 Å². The molecule has 0 bridgehead atoms. The summed E-state index contributed by atoms with van der Waals surface area (Å²) in [5.74, 6) is -2.09. The summed E-state index contributed by atoms with van der Waals surface area (Å²) in [4.78, 5) is 22.9. The summed E-state index contributed by atoms with van der Waals surface area (Å²) in [5.41, 5.74) is 0.635. The van der Waals surface area contributed by atoms with E-state index in [0.717, 1.165) is 12.1 Å². The predicted octanol–water partition coefficient (Wildman–Crippen LogP) is 3.35. The van der Waals surface area contributed by atoms with E-state index >= 15 is 0 Å². The molecule has 0 fully saturated rings. The fourth-order valence-corrected chi connectivity index (χ4v) is 1.91. The molecule has 1 N–H and O–H groups in total. The number of amides is 1. The number of anilines is 1. The fourth-order valence-electron chi connectivity index (χ4n) is 1.91. The van der Waals surface area contributed by atoms with Gasteiger partial charge in [0.25, 0.3) is 0 Å². The highest BCUT2D eigenvalue weighted by Gasteiger charge is 2.14. The Labute approximate surface area is 120 Å². The van der Waals surface area contributed by atoms with Gasteiger partial charge >= 0.3 is 0 Å². The van der Waals surface area contributed by atoms with Crippen LogP contribution in [0.2, 0.25) is 0 Å². The van der Waals surface area contributed by atoms with E-state index in [1.165, 1.54) is 25.1 Å². The van der Waals surface area contributed by atoms with Crippen LogP contribution in [-0.4, -0.2) is 11.7 Å². The van der Waals surface area contributed by atoms with Gasteiger partial charge in [0, 0.05) is 30.2 Å². The van der Waals surface area contributed by atoms with Crippen molar-refractivity contribution in [2.45, 2.75) is 13.3 Å². The van der Waals surface area contributed by atoms with Crippen molar-refractivity contribution in [1.29, 1.82) is 0 Å². The average molecular weight is 289 g/mol. The first kappa shape index (κ1) is 14.8. The topological polar surface area (TPSA) is 46.2 Å². The van der Waals surface area contributed by atoms with Gasteiger partial charge in [0.1, 0.15) is 11.6 Å². The van der Waals surface area contributed by atoms with Crippen LogP contribution < -0.4 is 5.32 Å². The molecule has 5 heteroatoms. The molecule has 0 aliphatic carbocycles. The summed E-state index contributed by atoms with van der Waals surface area (Å²) in [5, 5.41) is 2.57. The van der Waals surface area contributed by atoms with Gasteiger partial charge in [0.15, 0.2) is 5.78 Å². The standard InChI is InChI=1S/C16H13F2NO2/c1-10(20)19-12-7-5-11(6-8-12)16(21)9-13-14(17)3-2-4-15(13)18/h2-8H,9H2,1H3,(H,19,20). The molecule has 0 spiro atoms. The average Bonchev–Trinajstić information content (AvgIpc) is 2.43.